The Labute approximate surface area is 377 Å². The third-order valence-electron chi connectivity index (χ3n) is 10.8. The molecule has 0 aromatic heterocycles. The Balaban J connectivity index is 1.42. The molecule has 0 spiro atoms. The van der Waals surface area contributed by atoms with Gasteiger partial charge in [-0.15, -0.1) is 0 Å². The lowest BCUT2D eigenvalue weighted by Gasteiger charge is -2.46. The van der Waals surface area contributed by atoms with Gasteiger partial charge in [0.05, 0.1) is 81.9 Å². The zero-order chi connectivity index (χ0) is 46.5. The molecule has 0 amide bonds. The van der Waals surface area contributed by atoms with Crippen LogP contribution in [0.3, 0.4) is 0 Å². The second-order valence-corrected chi connectivity index (χ2v) is 17.4. The molecule has 1 saturated heterocycles. The van der Waals surface area contributed by atoms with Crippen molar-refractivity contribution in [2.75, 3.05) is 55.9 Å². The summed E-state index contributed by atoms with van der Waals surface area (Å²) in [7, 11) is 6.49. The Morgan fingerprint density at radius 2 is 0.969 bits per heavy atom. The molecular formula is C48H55F2O14P. The quantitative estimate of drug-likeness (QED) is 0.0623. The number of benzene rings is 5. The van der Waals surface area contributed by atoms with Crippen molar-refractivity contribution < 1.29 is 75.1 Å². The van der Waals surface area contributed by atoms with Crippen molar-refractivity contribution in [1.29, 1.82) is 0 Å². The van der Waals surface area contributed by atoms with Crippen LogP contribution in [0.1, 0.15) is 28.7 Å². The van der Waals surface area contributed by atoms with Crippen LogP contribution in [0.4, 0.5) is 8.78 Å². The Bertz CT molecular complexity index is 2350. The van der Waals surface area contributed by atoms with Crippen LogP contribution < -0.4 is 37.9 Å². The summed E-state index contributed by atoms with van der Waals surface area (Å²) in [5, 5.41) is 0. The standard InChI is InChI=1S/C48H55F2O14P/c1-53-33-14-16-34(17-15-33)63-48-47(62-28-32-13-20-40(56-4)44(25-32)59-7)46(61-27-31-12-19-39(55-3)43(24-31)58-6)45(60-26-30-11-18-38(54-2)42(23-30)57-5)41(64-48)21-22-65(51,52)29-35-36(49)9-8-10-37(35)50/h8-20,23-25,41,45-48H,21-22,26-29H2,1-7H3,(H,51,52)/t41-,45-,46+,47+,48?/m1/s1. The highest BCUT2D eigenvalue weighted by atomic mass is 31.2. The van der Waals surface area contributed by atoms with Gasteiger partial charge < -0.3 is 61.7 Å². The average Bonchev–Trinajstić information content (AvgIpc) is 3.32. The van der Waals surface area contributed by atoms with E-state index < -0.39 is 67.6 Å². The van der Waals surface area contributed by atoms with E-state index in [-0.39, 0.29) is 26.2 Å². The van der Waals surface area contributed by atoms with E-state index in [0.717, 1.165) is 17.7 Å². The molecule has 5 aromatic carbocycles. The third kappa shape index (κ3) is 12.6. The lowest BCUT2D eigenvalue weighted by atomic mass is 9.96. The van der Waals surface area contributed by atoms with Gasteiger partial charge in [0.25, 0.3) is 0 Å². The molecule has 2 unspecified atom stereocenters. The van der Waals surface area contributed by atoms with E-state index in [4.69, 9.17) is 56.8 Å². The molecule has 350 valence electrons. The fourth-order valence-corrected chi connectivity index (χ4v) is 9.00. The SMILES string of the molecule is COc1ccc(OC2O[C@H](CCP(=O)(O)Cc3c(F)cccc3F)[C@@H](OCc3ccc(OC)c(OC)c3)[C@H](OCc3ccc(OC)c(OC)c3)[C@@H]2OCc2ccc(OC)c(OC)c2)cc1. The van der Waals surface area contributed by atoms with Gasteiger partial charge in [-0.3, -0.25) is 4.57 Å². The monoisotopic (exact) mass is 924 g/mol. The maximum atomic E-state index is 14.8. The number of rotatable bonds is 23. The van der Waals surface area contributed by atoms with Crippen LogP contribution >= 0.6 is 7.37 Å². The van der Waals surface area contributed by atoms with E-state index in [1.165, 1.54) is 41.6 Å². The average molecular weight is 925 g/mol. The molecule has 1 aliphatic rings. The summed E-state index contributed by atoms with van der Waals surface area (Å²) in [4.78, 5) is 11.3. The van der Waals surface area contributed by atoms with Crippen molar-refractivity contribution >= 4 is 7.37 Å². The summed E-state index contributed by atoms with van der Waals surface area (Å²) in [6.07, 6.45) is -6.56. The molecule has 14 nitrogen and oxygen atoms in total. The number of ether oxygens (including phenoxy) is 12. The van der Waals surface area contributed by atoms with E-state index in [9.17, 15) is 18.2 Å². The summed E-state index contributed by atoms with van der Waals surface area (Å²) in [6, 6.07) is 26.2. The van der Waals surface area contributed by atoms with Crippen LogP contribution in [0.5, 0.6) is 46.0 Å². The van der Waals surface area contributed by atoms with Crippen LogP contribution in [0.2, 0.25) is 0 Å². The molecular weight excluding hydrogens is 869 g/mol. The number of methoxy groups -OCH3 is 7. The molecule has 6 rings (SSSR count). The minimum Gasteiger partial charge on any atom is -0.497 e. The lowest BCUT2D eigenvalue weighted by Crippen LogP contribution is -2.61. The molecule has 0 bridgehead atoms. The number of hydrogen-bond donors (Lipinski definition) is 1. The highest BCUT2D eigenvalue weighted by molar-refractivity contribution is 7.57. The summed E-state index contributed by atoms with van der Waals surface area (Å²) >= 11 is 0. The van der Waals surface area contributed by atoms with Gasteiger partial charge in [-0.05, 0) is 95.9 Å². The highest BCUT2D eigenvalue weighted by Crippen LogP contribution is 2.47. The van der Waals surface area contributed by atoms with Crippen molar-refractivity contribution in [1.82, 2.24) is 0 Å². The second kappa shape index (κ2) is 23.0. The molecule has 0 radical (unpaired) electrons. The molecule has 65 heavy (non-hydrogen) atoms. The Morgan fingerprint density at radius 3 is 1.42 bits per heavy atom. The number of hydrogen-bond acceptors (Lipinski definition) is 13. The minimum atomic E-state index is -4.26. The molecule has 1 fully saturated rings. The van der Waals surface area contributed by atoms with E-state index in [0.29, 0.717) is 57.1 Å². The van der Waals surface area contributed by atoms with Crippen molar-refractivity contribution in [2.45, 2.75) is 63.1 Å². The predicted molar refractivity (Wildman–Crippen MR) is 236 cm³/mol. The summed E-state index contributed by atoms with van der Waals surface area (Å²) in [5.74, 6) is 2.13. The van der Waals surface area contributed by atoms with Gasteiger partial charge in [0.2, 0.25) is 13.7 Å². The summed E-state index contributed by atoms with van der Waals surface area (Å²) in [6.45, 7) is 0.00932. The first-order valence-corrected chi connectivity index (χ1v) is 22.6. The van der Waals surface area contributed by atoms with Gasteiger partial charge in [0, 0.05) is 11.7 Å². The topological polar surface area (TPSA) is 148 Å². The molecule has 17 heteroatoms. The van der Waals surface area contributed by atoms with Crippen molar-refractivity contribution in [3.05, 3.63) is 131 Å². The van der Waals surface area contributed by atoms with Gasteiger partial charge in [-0.1, -0.05) is 24.3 Å². The molecule has 0 saturated carbocycles. The molecule has 1 aliphatic heterocycles. The van der Waals surface area contributed by atoms with Gasteiger partial charge >= 0.3 is 0 Å². The Hall–Kier alpha value is -5.61. The Kier molecular flexibility index (Phi) is 17.3. The van der Waals surface area contributed by atoms with Crippen LogP contribution in [0.15, 0.2) is 97.1 Å². The largest absolute Gasteiger partial charge is 0.497 e. The van der Waals surface area contributed by atoms with E-state index in [1.54, 1.807) is 74.9 Å². The zero-order valence-corrected chi connectivity index (χ0v) is 38.2. The van der Waals surface area contributed by atoms with E-state index in [2.05, 4.69) is 0 Å². The first-order chi connectivity index (χ1) is 31.4. The summed E-state index contributed by atoms with van der Waals surface area (Å²) < 4.78 is 116. The molecule has 6 atom stereocenters. The van der Waals surface area contributed by atoms with Crippen LogP contribution in [0, 0.1) is 11.6 Å². The van der Waals surface area contributed by atoms with Gasteiger partial charge in [0.15, 0.2) is 34.5 Å². The molecule has 1 N–H and O–H groups in total. The van der Waals surface area contributed by atoms with Crippen LogP contribution in [-0.2, 0) is 49.5 Å². The maximum Gasteiger partial charge on any atom is 0.229 e. The predicted octanol–water partition coefficient (Wildman–Crippen LogP) is 8.75. The lowest BCUT2D eigenvalue weighted by molar-refractivity contribution is -0.304. The number of halogens is 2. The van der Waals surface area contributed by atoms with Crippen LogP contribution in [0.25, 0.3) is 0 Å². The first kappa shape index (κ1) is 48.8. The zero-order valence-electron chi connectivity index (χ0n) is 37.3. The molecule has 5 aromatic rings. The fraction of sp³-hybridized carbons (Fsp3) is 0.375. The smallest absolute Gasteiger partial charge is 0.229 e. The first-order valence-electron chi connectivity index (χ1n) is 20.6. The van der Waals surface area contributed by atoms with Crippen LogP contribution in [-0.4, -0.2) is 91.5 Å². The van der Waals surface area contributed by atoms with Crippen molar-refractivity contribution in [2.24, 2.45) is 0 Å². The normalized spacial score (nSPS) is 19.1. The second-order valence-electron chi connectivity index (χ2n) is 14.9. The maximum absolute atomic E-state index is 14.8. The van der Waals surface area contributed by atoms with E-state index in [1.807, 2.05) is 18.2 Å². The summed E-state index contributed by atoms with van der Waals surface area (Å²) in [5.41, 5.74) is 1.64. The fourth-order valence-electron chi connectivity index (χ4n) is 7.39. The van der Waals surface area contributed by atoms with Gasteiger partial charge in [-0.2, -0.15) is 0 Å². The highest BCUT2D eigenvalue weighted by Gasteiger charge is 2.50. The van der Waals surface area contributed by atoms with Crippen molar-refractivity contribution in [3.63, 3.8) is 0 Å². The third-order valence-corrected chi connectivity index (χ3v) is 12.6. The van der Waals surface area contributed by atoms with Crippen molar-refractivity contribution in [3.8, 4) is 46.0 Å². The minimum absolute atomic E-state index is 0.00445. The van der Waals surface area contributed by atoms with Gasteiger partial charge in [0.1, 0.15) is 41.4 Å². The van der Waals surface area contributed by atoms with E-state index >= 15 is 0 Å². The molecule has 1 heterocycles. The molecule has 0 aliphatic carbocycles. The van der Waals surface area contributed by atoms with Gasteiger partial charge in [-0.25, -0.2) is 8.78 Å². The Morgan fingerprint density at radius 1 is 0.538 bits per heavy atom.